The Balaban J connectivity index is 3.41. The Hall–Kier alpha value is -1.89. The number of rotatable bonds is 2. The van der Waals surface area contributed by atoms with Gasteiger partial charge in [0, 0.05) is 0 Å². The molecule has 6 nitrogen and oxygen atoms in total. The van der Waals surface area contributed by atoms with Crippen molar-refractivity contribution in [2.45, 2.75) is 5.92 Å². The lowest BCUT2D eigenvalue weighted by molar-refractivity contribution is 0.0586. The van der Waals surface area contributed by atoms with Crippen LogP contribution in [0.1, 0.15) is 22.2 Å². The van der Waals surface area contributed by atoms with Gasteiger partial charge in [0.25, 0.3) is 0 Å². The van der Waals surface area contributed by atoms with Crippen LogP contribution in [0.5, 0.6) is 0 Å². The SMILES string of the molecule is COC(=O)c1nc(Cl)c(Cl)c(C(C#N)C#N)n1. The van der Waals surface area contributed by atoms with Crippen LogP contribution in [0, 0.1) is 22.7 Å². The van der Waals surface area contributed by atoms with Crippen LogP contribution in [-0.2, 0) is 4.74 Å². The molecule has 8 heteroatoms. The van der Waals surface area contributed by atoms with Crippen LogP contribution < -0.4 is 0 Å². The van der Waals surface area contributed by atoms with E-state index in [1.54, 1.807) is 12.1 Å². The van der Waals surface area contributed by atoms with Gasteiger partial charge in [-0.05, 0) is 0 Å². The zero-order valence-corrected chi connectivity index (χ0v) is 9.95. The molecule has 17 heavy (non-hydrogen) atoms. The summed E-state index contributed by atoms with van der Waals surface area (Å²) in [6, 6.07) is 3.35. The first-order valence-corrected chi connectivity index (χ1v) is 4.91. The van der Waals surface area contributed by atoms with Gasteiger partial charge >= 0.3 is 5.97 Å². The maximum absolute atomic E-state index is 11.2. The molecule has 0 unspecified atom stereocenters. The largest absolute Gasteiger partial charge is 0.463 e. The third kappa shape index (κ3) is 2.62. The highest BCUT2D eigenvalue weighted by molar-refractivity contribution is 6.41. The van der Waals surface area contributed by atoms with Crippen LogP contribution in [0.4, 0.5) is 0 Å². The second-order valence-electron chi connectivity index (χ2n) is 2.72. The van der Waals surface area contributed by atoms with Gasteiger partial charge in [-0.3, -0.25) is 0 Å². The minimum absolute atomic E-state index is 0.114. The van der Waals surface area contributed by atoms with Crippen LogP contribution in [0.15, 0.2) is 0 Å². The predicted molar refractivity (Wildman–Crippen MR) is 57.4 cm³/mol. The van der Waals surface area contributed by atoms with Crippen molar-refractivity contribution in [2.75, 3.05) is 7.11 Å². The number of aromatic nitrogens is 2. The number of esters is 1. The summed E-state index contributed by atoms with van der Waals surface area (Å²) in [6.07, 6.45) is 0. The lowest BCUT2D eigenvalue weighted by Gasteiger charge is -2.06. The van der Waals surface area contributed by atoms with E-state index in [4.69, 9.17) is 33.7 Å². The molecule has 0 radical (unpaired) electrons. The number of methoxy groups -OCH3 is 1. The fraction of sp³-hybridized carbons (Fsp3) is 0.222. The number of carbonyl (C=O) groups excluding carboxylic acids is 1. The molecule has 0 spiro atoms. The molecular weight excluding hydrogens is 267 g/mol. The minimum Gasteiger partial charge on any atom is -0.463 e. The number of carbonyl (C=O) groups is 1. The Morgan fingerprint density at radius 3 is 2.41 bits per heavy atom. The number of halogens is 2. The van der Waals surface area contributed by atoms with Gasteiger partial charge in [-0.25, -0.2) is 14.8 Å². The van der Waals surface area contributed by atoms with E-state index in [9.17, 15) is 4.79 Å². The Bertz CT molecular complexity index is 533. The van der Waals surface area contributed by atoms with E-state index in [1.165, 1.54) is 0 Å². The van der Waals surface area contributed by atoms with E-state index in [0.29, 0.717) is 0 Å². The summed E-state index contributed by atoms with van der Waals surface area (Å²) < 4.78 is 4.40. The van der Waals surface area contributed by atoms with Gasteiger partial charge in [0.05, 0.1) is 24.9 Å². The fourth-order valence-corrected chi connectivity index (χ4v) is 1.33. The molecule has 1 aromatic heterocycles. The monoisotopic (exact) mass is 270 g/mol. The molecule has 0 aliphatic carbocycles. The van der Waals surface area contributed by atoms with Crippen molar-refractivity contribution in [3.05, 3.63) is 21.7 Å². The molecule has 0 bridgehead atoms. The molecule has 0 aliphatic rings. The average Bonchev–Trinajstić information content (AvgIpc) is 2.34. The van der Waals surface area contributed by atoms with Crippen LogP contribution in [-0.4, -0.2) is 23.0 Å². The number of hydrogen-bond donors (Lipinski definition) is 0. The second-order valence-corrected chi connectivity index (χ2v) is 3.46. The maximum atomic E-state index is 11.2. The van der Waals surface area contributed by atoms with Gasteiger partial charge in [0.15, 0.2) is 11.1 Å². The quantitative estimate of drug-likeness (QED) is 0.599. The van der Waals surface area contributed by atoms with Crippen molar-refractivity contribution in [2.24, 2.45) is 0 Å². The molecule has 0 aromatic carbocycles. The molecule has 0 N–H and O–H groups in total. The van der Waals surface area contributed by atoms with E-state index in [-0.39, 0.29) is 21.7 Å². The third-order valence-electron chi connectivity index (χ3n) is 1.74. The standard InChI is InChI=1S/C9H4Cl2N4O2/c1-17-9(16)8-14-6(4(2-12)3-13)5(10)7(11)15-8/h4H,1H3. The Kier molecular flexibility index (Phi) is 4.22. The summed E-state index contributed by atoms with van der Waals surface area (Å²) in [5, 5.41) is 17.1. The molecule has 1 rings (SSSR count). The highest BCUT2D eigenvalue weighted by atomic mass is 35.5. The van der Waals surface area contributed by atoms with Gasteiger partial charge in [-0.2, -0.15) is 10.5 Å². The van der Waals surface area contributed by atoms with E-state index in [1.807, 2.05) is 0 Å². The molecule has 0 amide bonds. The molecule has 0 saturated carbocycles. The van der Waals surface area contributed by atoms with Crippen LogP contribution >= 0.6 is 23.2 Å². The summed E-state index contributed by atoms with van der Waals surface area (Å²) in [5.74, 6) is -2.42. The van der Waals surface area contributed by atoms with Crippen molar-refractivity contribution in [3.8, 4) is 12.1 Å². The fourth-order valence-electron chi connectivity index (χ4n) is 0.961. The van der Waals surface area contributed by atoms with Gasteiger partial charge in [0.2, 0.25) is 5.82 Å². The third-order valence-corrected chi connectivity index (χ3v) is 2.48. The molecule has 1 heterocycles. The van der Waals surface area contributed by atoms with Crippen LogP contribution in [0.2, 0.25) is 10.2 Å². The number of ether oxygens (including phenoxy) is 1. The van der Waals surface area contributed by atoms with E-state index in [0.717, 1.165) is 7.11 Å². The zero-order chi connectivity index (χ0) is 13.0. The lowest BCUT2D eigenvalue weighted by atomic mass is 10.1. The zero-order valence-electron chi connectivity index (χ0n) is 8.44. The summed E-state index contributed by atoms with van der Waals surface area (Å²) in [5.41, 5.74) is -0.114. The maximum Gasteiger partial charge on any atom is 0.376 e. The minimum atomic E-state index is -1.23. The van der Waals surface area contributed by atoms with Gasteiger partial charge in [-0.15, -0.1) is 0 Å². The smallest absolute Gasteiger partial charge is 0.376 e. The number of nitrogens with zero attached hydrogens (tertiary/aromatic N) is 4. The molecule has 1 aromatic rings. The Morgan fingerprint density at radius 1 is 1.35 bits per heavy atom. The van der Waals surface area contributed by atoms with E-state index < -0.39 is 11.9 Å². The highest BCUT2D eigenvalue weighted by Gasteiger charge is 2.22. The summed E-state index contributed by atoms with van der Waals surface area (Å²) in [4.78, 5) is 18.5. The van der Waals surface area contributed by atoms with Crippen molar-refractivity contribution in [1.82, 2.24) is 9.97 Å². The average molecular weight is 271 g/mol. The molecule has 86 valence electrons. The second kappa shape index (κ2) is 5.44. The summed E-state index contributed by atoms with van der Waals surface area (Å²) >= 11 is 11.4. The van der Waals surface area contributed by atoms with Gasteiger partial charge in [0.1, 0.15) is 5.02 Å². The van der Waals surface area contributed by atoms with Gasteiger partial charge in [-0.1, -0.05) is 23.2 Å². The molecule has 0 aliphatic heterocycles. The normalized spacial score (nSPS) is 9.53. The van der Waals surface area contributed by atoms with Gasteiger partial charge < -0.3 is 4.74 Å². The predicted octanol–water partition coefficient (Wildman–Crippen LogP) is 1.70. The molecule has 0 saturated heterocycles. The molecule has 0 atom stereocenters. The Labute approximate surface area is 106 Å². The van der Waals surface area contributed by atoms with Crippen LogP contribution in [0.3, 0.4) is 0 Å². The van der Waals surface area contributed by atoms with Crippen molar-refractivity contribution in [3.63, 3.8) is 0 Å². The first-order chi connectivity index (χ1) is 8.04. The Morgan fingerprint density at radius 2 is 1.94 bits per heavy atom. The summed E-state index contributed by atoms with van der Waals surface area (Å²) in [6.45, 7) is 0. The number of nitriles is 2. The topological polar surface area (TPSA) is 99.7 Å². The van der Waals surface area contributed by atoms with Crippen LogP contribution in [0.25, 0.3) is 0 Å². The first kappa shape index (κ1) is 13.2. The van der Waals surface area contributed by atoms with Crippen molar-refractivity contribution in [1.29, 1.82) is 10.5 Å². The highest BCUT2D eigenvalue weighted by Crippen LogP contribution is 2.28. The lowest BCUT2D eigenvalue weighted by Crippen LogP contribution is -2.11. The molecule has 0 fully saturated rings. The van der Waals surface area contributed by atoms with Crippen molar-refractivity contribution < 1.29 is 9.53 Å². The van der Waals surface area contributed by atoms with E-state index in [2.05, 4.69) is 14.7 Å². The first-order valence-electron chi connectivity index (χ1n) is 4.15. The van der Waals surface area contributed by atoms with E-state index >= 15 is 0 Å². The number of hydrogen-bond acceptors (Lipinski definition) is 6. The van der Waals surface area contributed by atoms with Crippen molar-refractivity contribution >= 4 is 29.2 Å². The summed E-state index contributed by atoms with van der Waals surface area (Å²) in [7, 11) is 1.14. The molecular formula is C9H4Cl2N4O2.